The summed E-state index contributed by atoms with van der Waals surface area (Å²) >= 11 is 0. The lowest BCUT2D eigenvalue weighted by molar-refractivity contribution is 0.669. The fourth-order valence-electron chi connectivity index (χ4n) is 6.33. The van der Waals surface area contributed by atoms with E-state index < -0.39 is 0 Å². The Hall–Kier alpha value is -5.74. The van der Waals surface area contributed by atoms with Crippen LogP contribution in [0.1, 0.15) is 0 Å². The summed E-state index contributed by atoms with van der Waals surface area (Å²) in [4.78, 5) is 10.5. The summed E-state index contributed by atoms with van der Waals surface area (Å²) < 4.78 is 8.57. The van der Waals surface area contributed by atoms with E-state index in [0.29, 0.717) is 5.82 Å². The van der Waals surface area contributed by atoms with Crippen LogP contribution in [-0.4, -0.2) is 14.5 Å². The number of hydrogen-bond acceptors (Lipinski definition) is 3. The fraction of sp³-hybridized carbons (Fsp3) is 0. The second-order valence-electron chi connectivity index (χ2n) is 10.6. The monoisotopic (exact) mass is 537 g/mol. The Kier molecular flexibility index (Phi) is 4.87. The van der Waals surface area contributed by atoms with E-state index in [4.69, 9.17) is 14.4 Å². The number of hydrogen-bond donors (Lipinski definition) is 0. The van der Waals surface area contributed by atoms with Gasteiger partial charge in [0.2, 0.25) is 0 Å². The average molecular weight is 538 g/mol. The standard InChI is InChI=1S/C38H23N3O/c1-2-11-24(12-3-1)36-30-21-22-34-35(29-17-6-9-20-33(29)42-34)37(30)40-38(39-36)25-13-10-14-26(23-25)41-31-18-7-4-15-27(31)28-16-5-8-19-32(28)41/h1-23H. The molecule has 9 rings (SSSR count). The minimum absolute atomic E-state index is 0.682. The van der Waals surface area contributed by atoms with Gasteiger partial charge in [-0.25, -0.2) is 9.97 Å². The first-order valence-corrected chi connectivity index (χ1v) is 14.1. The number of nitrogens with zero attached hydrogens (tertiary/aromatic N) is 3. The van der Waals surface area contributed by atoms with E-state index in [2.05, 4.69) is 114 Å². The quantitative estimate of drug-likeness (QED) is 0.225. The third kappa shape index (κ3) is 3.36. The molecule has 0 saturated heterocycles. The van der Waals surface area contributed by atoms with Gasteiger partial charge in [0.25, 0.3) is 0 Å². The van der Waals surface area contributed by atoms with E-state index in [1.165, 1.54) is 21.8 Å². The number of rotatable bonds is 3. The summed E-state index contributed by atoms with van der Waals surface area (Å²) in [6, 6.07) is 48.3. The Morgan fingerprint density at radius 2 is 1.14 bits per heavy atom. The molecule has 9 aromatic rings. The molecule has 0 atom stereocenters. The summed E-state index contributed by atoms with van der Waals surface area (Å²) in [6.45, 7) is 0. The maximum absolute atomic E-state index is 6.24. The first kappa shape index (κ1) is 23.0. The van der Waals surface area contributed by atoms with E-state index in [1.807, 2.05) is 30.3 Å². The van der Waals surface area contributed by atoms with Crippen molar-refractivity contribution < 1.29 is 4.42 Å². The van der Waals surface area contributed by atoms with Gasteiger partial charge in [0.15, 0.2) is 5.82 Å². The molecule has 0 saturated carbocycles. The molecule has 196 valence electrons. The molecule has 0 aliphatic heterocycles. The Morgan fingerprint density at radius 1 is 0.476 bits per heavy atom. The highest BCUT2D eigenvalue weighted by Gasteiger charge is 2.18. The first-order valence-electron chi connectivity index (χ1n) is 14.1. The van der Waals surface area contributed by atoms with Crippen LogP contribution in [0.25, 0.3) is 83.0 Å². The zero-order valence-electron chi connectivity index (χ0n) is 22.5. The van der Waals surface area contributed by atoms with Crippen molar-refractivity contribution in [2.24, 2.45) is 0 Å². The molecule has 0 spiro atoms. The van der Waals surface area contributed by atoms with Crippen molar-refractivity contribution in [2.75, 3.05) is 0 Å². The van der Waals surface area contributed by atoms with Gasteiger partial charge in [-0.15, -0.1) is 0 Å². The van der Waals surface area contributed by atoms with E-state index in [1.54, 1.807) is 0 Å². The van der Waals surface area contributed by atoms with Gasteiger partial charge in [-0.05, 0) is 42.5 Å². The lowest BCUT2D eigenvalue weighted by Crippen LogP contribution is -1.98. The molecule has 0 N–H and O–H groups in total. The molecule has 6 aromatic carbocycles. The molecule has 0 fully saturated rings. The van der Waals surface area contributed by atoms with Crippen LogP contribution in [-0.2, 0) is 0 Å². The van der Waals surface area contributed by atoms with Gasteiger partial charge in [0.05, 0.1) is 27.6 Å². The largest absolute Gasteiger partial charge is 0.456 e. The Morgan fingerprint density at radius 3 is 1.93 bits per heavy atom. The molecule has 0 radical (unpaired) electrons. The van der Waals surface area contributed by atoms with Crippen molar-refractivity contribution in [1.82, 2.24) is 14.5 Å². The molecule has 0 unspecified atom stereocenters. The van der Waals surface area contributed by atoms with Crippen LogP contribution in [0.2, 0.25) is 0 Å². The Labute approximate surface area is 241 Å². The van der Waals surface area contributed by atoms with Gasteiger partial charge in [-0.3, -0.25) is 0 Å². The van der Waals surface area contributed by atoms with Crippen LogP contribution < -0.4 is 0 Å². The second kappa shape index (κ2) is 8.88. The average Bonchev–Trinajstić information content (AvgIpc) is 3.61. The summed E-state index contributed by atoms with van der Waals surface area (Å²) in [5.41, 5.74) is 8.91. The smallest absolute Gasteiger partial charge is 0.160 e. The molecule has 0 amide bonds. The topological polar surface area (TPSA) is 43.9 Å². The minimum Gasteiger partial charge on any atom is -0.456 e. The van der Waals surface area contributed by atoms with Gasteiger partial charge in [-0.1, -0.05) is 97.1 Å². The number of fused-ring (bicyclic) bond motifs is 8. The van der Waals surface area contributed by atoms with Gasteiger partial charge in [-0.2, -0.15) is 0 Å². The lowest BCUT2D eigenvalue weighted by Gasteiger charge is -2.12. The molecule has 4 nitrogen and oxygen atoms in total. The molecule has 42 heavy (non-hydrogen) atoms. The summed E-state index contributed by atoms with van der Waals surface area (Å²) in [6.07, 6.45) is 0. The van der Waals surface area contributed by atoms with Crippen molar-refractivity contribution in [3.63, 3.8) is 0 Å². The van der Waals surface area contributed by atoms with Crippen LogP contribution in [0.5, 0.6) is 0 Å². The third-order valence-corrected chi connectivity index (χ3v) is 8.20. The highest BCUT2D eigenvalue weighted by molar-refractivity contribution is 6.19. The predicted octanol–water partition coefficient (Wildman–Crippen LogP) is 9.96. The maximum Gasteiger partial charge on any atom is 0.160 e. The SMILES string of the molecule is c1ccc(-c2nc(-c3cccc(-n4c5ccccc5c5ccccc54)c3)nc3c2ccc2oc4ccccc4c23)cc1. The molecular weight excluding hydrogens is 514 g/mol. The van der Waals surface area contributed by atoms with Crippen LogP contribution in [0.4, 0.5) is 0 Å². The van der Waals surface area contributed by atoms with E-state index in [9.17, 15) is 0 Å². The van der Waals surface area contributed by atoms with Crippen molar-refractivity contribution in [1.29, 1.82) is 0 Å². The van der Waals surface area contributed by atoms with E-state index in [0.717, 1.165) is 55.3 Å². The van der Waals surface area contributed by atoms with Crippen molar-refractivity contribution in [2.45, 2.75) is 0 Å². The van der Waals surface area contributed by atoms with Gasteiger partial charge < -0.3 is 8.98 Å². The molecular formula is C38H23N3O. The van der Waals surface area contributed by atoms with Gasteiger partial charge >= 0.3 is 0 Å². The van der Waals surface area contributed by atoms with Crippen LogP contribution in [0.15, 0.2) is 144 Å². The van der Waals surface area contributed by atoms with Crippen LogP contribution in [0, 0.1) is 0 Å². The van der Waals surface area contributed by atoms with Crippen LogP contribution in [0.3, 0.4) is 0 Å². The normalized spacial score (nSPS) is 11.8. The van der Waals surface area contributed by atoms with Crippen molar-refractivity contribution in [3.05, 3.63) is 140 Å². The summed E-state index contributed by atoms with van der Waals surface area (Å²) in [5.74, 6) is 0.682. The van der Waals surface area contributed by atoms with E-state index >= 15 is 0 Å². The molecule has 0 bridgehead atoms. The van der Waals surface area contributed by atoms with Crippen molar-refractivity contribution >= 4 is 54.6 Å². The zero-order valence-corrected chi connectivity index (χ0v) is 22.5. The molecule has 0 aliphatic carbocycles. The van der Waals surface area contributed by atoms with Gasteiger partial charge in [0.1, 0.15) is 11.2 Å². The number of furan rings is 1. The van der Waals surface area contributed by atoms with Crippen molar-refractivity contribution in [3.8, 4) is 28.3 Å². The summed E-state index contributed by atoms with van der Waals surface area (Å²) in [5, 5.41) is 5.55. The number of benzene rings is 6. The fourth-order valence-corrected chi connectivity index (χ4v) is 6.33. The highest BCUT2D eigenvalue weighted by Crippen LogP contribution is 2.38. The van der Waals surface area contributed by atoms with Crippen LogP contribution >= 0.6 is 0 Å². The third-order valence-electron chi connectivity index (χ3n) is 8.20. The Bertz CT molecular complexity index is 2420. The second-order valence-corrected chi connectivity index (χ2v) is 10.6. The number of aromatic nitrogens is 3. The first-order chi connectivity index (χ1) is 20.8. The number of para-hydroxylation sites is 3. The molecule has 4 heteroatoms. The maximum atomic E-state index is 6.24. The molecule has 3 aromatic heterocycles. The highest BCUT2D eigenvalue weighted by atomic mass is 16.3. The van der Waals surface area contributed by atoms with Gasteiger partial charge in [0, 0.05) is 38.4 Å². The Balaban J connectivity index is 1.34. The minimum atomic E-state index is 0.682. The van der Waals surface area contributed by atoms with E-state index in [-0.39, 0.29) is 0 Å². The zero-order chi connectivity index (χ0) is 27.6. The lowest BCUT2D eigenvalue weighted by atomic mass is 10.0. The summed E-state index contributed by atoms with van der Waals surface area (Å²) in [7, 11) is 0. The molecule has 0 aliphatic rings. The predicted molar refractivity (Wildman–Crippen MR) is 172 cm³/mol. The molecule has 3 heterocycles.